The first kappa shape index (κ1) is 12.2. The molecule has 0 aromatic carbocycles. The van der Waals surface area contributed by atoms with Crippen molar-refractivity contribution in [3.8, 4) is 0 Å². The summed E-state index contributed by atoms with van der Waals surface area (Å²) in [7, 11) is 0. The Hall–Kier alpha value is -0.890. The number of nitrogens with zero attached hydrogens (tertiary/aromatic N) is 1. The van der Waals surface area contributed by atoms with Crippen molar-refractivity contribution in [2.75, 3.05) is 6.54 Å². The van der Waals surface area contributed by atoms with Crippen molar-refractivity contribution in [3.05, 3.63) is 30.1 Å². The van der Waals surface area contributed by atoms with Crippen molar-refractivity contribution in [2.24, 2.45) is 11.7 Å². The molecule has 2 nitrogen and oxygen atoms in total. The van der Waals surface area contributed by atoms with Gasteiger partial charge >= 0.3 is 0 Å². The fourth-order valence-corrected chi connectivity index (χ4v) is 2.05. The summed E-state index contributed by atoms with van der Waals surface area (Å²) in [5.74, 6) is 1.17. The minimum absolute atomic E-state index is 0.424. The Morgan fingerprint density at radius 3 is 2.73 bits per heavy atom. The summed E-state index contributed by atoms with van der Waals surface area (Å²) < 4.78 is 0. The van der Waals surface area contributed by atoms with Crippen LogP contribution in [0.1, 0.15) is 44.7 Å². The van der Waals surface area contributed by atoms with Gasteiger partial charge in [-0.15, -0.1) is 0 Å². The van der Waals surface area contributed by atoms with Crippen LogP contribution in [-0.4, -0.2) is 11.5 Å². The molecule has 1 aromatic rings. The van der Waals surface area contributed by atoms with Crippen LogP contribution in [0.15, 0.2) is 24.4 Å². The van der Waals surface area contributed by atoms with Crippen molar-refractivity contribution >= 4 is 0 Å². The van der Waals surface area contributed by atoms with Gasteiger partial charge in [-0.05, 0) is 24.5 Å². The molecule has 0 fully saturated rings. The number of pyridine rings is 1. The Kier molecular flexibility index (Phi) is 5.33. The van der Waals surface area contributed by atoms with E-state index >= 15 is 0 Å². The monoisotopic (exact) mass is 206 g/mol. The van der Waals surface area contributed by atoms with Gasteiger partial charge in [-0.3, -0.25) is 4.98 Å². The fraction of sp³-hybridized carbons (Fsp3) is 0.615. The van der Waals surface area contributed by atoms with E-state index in [0.717, 1.165) is 18.0 Å². The summed E-state index contributed by atoms with van der Waals surface area (Å²) in [5, 5.41) is 0. The van der Waals surface area contributed by atoms with Gasteiger partial charge in [-0.1, -0.05) is 32.8 Å². The molecule has 0 spiro atoms. The Labute approximate surface area is 92.9 Å². The predicted molar refractivity (Wildman–Crippen MR) is 64.7 cm³/mol. The van der Waals surface area contributed by atoms with E-state index in [9.17, 15) is 0 Å². The Morgan fingerprint density at radius 1 is 1.40 bits per heavy atom. The van der Waals surface area contributed by atoms with E-state index < -0.39 is 0 Å². The van der Waals surface area contributed by atoms with Crippen LogP contribution in [-0.2, 0) is 0 Å². The lowest BCUT2D eigenvalue weighted by Crippen LogP contribution is -2.16. The lowest BCUT2D eigenvalue weighted by atomic mass is 9.90. The Balaban J connectivity index is 2.56. The molecule has 1 aromatic heterocycles. The van der Waals surface area contributed by atoms with E-state index in [1.165, 1.54) is 12.8 Å². The normalized spacial score (nSPS) is 14.9. The molecule has 84 valence electrons. The van der Waals surface area contributed by atoms with Gasteiger partial charge in [0.1, 0.15) is 0 Å². The number of aromatic nitrogens is 1. The van der Waals surface area contributed by atoms with Crippen LogP contribution in [0.5, 0.6) is 0 Å². The van der Waals surface area contributed by atoms with Gasteiger partial charge in [0.05, 0.1) is 0 Å². The maximum atomic E-state index is 5.81. The average Bonchev–Trinajstić information content (AvgIpc) is 2.27. The van der Waals surface area contributed by atoms with Gasteiger partial charge in [0.2, 0.25) is 0 Å². The van der Waals surface area contributed by atoms with Crippen LogP contribution in [0, 0.1) is 5.92 Å². The smallest absolute Gasteiger partial charge is 0.0447 e. The SMILES string of the molecule is CCCC(C)CC(CN)c1ccccn1. The van der Waals surface area contributed by atoms with Crippen molar-refractivity contribution in [1.29, 1.82) is 0 Å². The Bertz CT molecular complexity index is 258. The van der Waals surface area contributed by atoms with Crippen molar-refractivity contribution in [2.45, 2.75) is 39.0 Å². The quantitative estimate of drug-likeness (QED) is 0.777. The van der Waals surface area contributed by atoms with Gasteiger partial charge in [0, 0.05) is 24.4 Å². The highest BCUT2D eigenvalue weighted by molar-refractivity contribution is 5.09. The summed E-state index contributed by atoms with van der Waals surface area (Å²) >= 11 is 0. The van der Waals surface area contributed by atoms with Gasteiger partial charge in [-0.2, -0.15) is 0 Å². The topological polar surface area (TPSA) is 38.9 Å². The summed E-state index contributed by atoms with van der Waals surface area (Å²) in [6.07, 6.45) is 5.54. The third kappa shape index (κ3) is 4.00. The number of rotatable bonds is 6. The molecule has 15 heavy (non-hydrogen) atoms. The molecule has 2 atom stereocenters. The van der Waals surface area contributed by atoms with E-state index in [0.29, 0.717) is 12.5 Å². The highest BCUT2D eigenvalue weighted by Crippen LogP contribution is 2.23. The highest BCUT2D eigenvalue weighted by atomic mass is 14.7. The molecule has 0 aliphatic carbocycles. The molecule has 0 amide bonds. The van der Waals surface area contributed by atoms with Crippen LogP contribution >= 0.6 is 0 Å². The third-order valence-corrected chi connectivity index (χ3v) is 2.86. The maximum Gasteiger partial charge on any atom is 0.0447 e. The standard InChI is InChI=1S/C13H22N2/c1-3-6-11(2)9-12(10-14)13-7-4-5-8-15-13/h4-5,7-8,11-12H,3,6,9-10,14H2,1-2H3. The fourth-order valence-electron chi connectivity index (χ4n) is 2.05. The van der Waals surface area contributed by atoms with Crippen molar-refractivity contribution < 1.29 is 0 Å². The molecule has 2 N–H and O–H groups in total. The van der Waals surface area contributed by atoms with Crippen LogP contribution in [0.25, 0.3) is 0 Å². The van der Waals surface area contributed by atoms with Gasteiger partial charge < -0.3 is 5.73 Å². The second-order valence-electron chi connectivity index (χ2n) is 4.32. The largest absolute Gasteiger partial charge is 0.330 e. The molecule has 0 aliphatic heterocycles. The van der Waals surface area contributed by atoms with E-state index in [-0.39, 0.29) is 0 Å². The molecular weight excluding hydrogens is 184 g/mol. The zero-order valence-corrected chi connectivity index (χ0v) is 9.82. The van der Waals surface area contributed by atoms with Gasteiger partial charge in [0.15, 0.2) is 0 Å². The van der Waals surface area contributed by atoms with Crippen LogP contribution < -0.4 is 5.73 Å². The lowest BCUT2D eigenvalue weighted by Gasteiger charge is -2.18. The molecule has 1 heterocycles. The predicted octanol–water partition coefficient (Wildman–Crippen LogP) is 2.95. The lowest BCUT2D eigenvalue weighted by molar-refractivity contribution is 0.433. The molecule has 0 radical (unpaired) electrons. The number of hydrogen-bond donors (Lipinski definition) is 1. The molecule has 0 bridgehead atoms. The average molecular weight is 206 g/mol. The molecular formula is C13H22N2. The van der Waals surface area contributed by atoms with Crippen LogP contribution in [0.3, 0.4) is 0 Å². The van der Waals surface area contributed by atoms with E-state index in [2.05, 4.69) is 24.9 Å². The van der Waals surface area contributed by atoms with Crippen LogP contribution in [0.4, 0.5) is 0 Å². The molecule has 2 unspecified atom stereocenters. The second-order valence-corrected chi connectivity index (χ2v) is 4.32. The van der Waals surface area contributed by atoms with Gasteiger partial charge in [0.25, 0.3) is 0 Å². The Morgan fingerprint density at radius 2 is 2.20 bits per heavy atom. The minimum atomic E-state index is 0.424. The molecule has 2 heteroatoms. The second kappa shape index (κ2) is 6.57. The summed E-state index contributed by atoms with van der Waals surface area (Å²) in [6, 6.07) is 6.07. The maximum absolute atomic E-state index is 5.81. The molecule has 1 rings (SSSR count). The first-order valence-electron chi connectivity index (χ1n) is 5.88. The summed E-state index contributed by atoms with van der Waals surface area (Å²) in [6.45, 7) is 5.23. The molecule has 0 saturated heterocycles. The first-order valence-corrected chi connectivity index (χ1v) is 5.88. The highest BCUT2D eigenvalue weighted by Gasteiger charge is 2.14. The van der Waals surface area contributed by atoms with E-state index in [1.54, 1.807) is 0 Å². The first-order chi connectivity index (χ1) is 7.27. The van der Waals surface area contributed by atoms with Gasteiger partial charge in [-0.25, -0.2) is 0 Å². The van der Waals surface area contributed by atoms with E-state index in [4.69, 9.17) is 5.73 Å². The van der Waals surface area contributed by atoms with E-state index in [1.807, 2.05) is 18.3 Å². The van der Waals surface area contributed by atoms with Crippen molar-refractivity contribution in [1.82, 2.24) is 4.98 Å². The zero-order valence-electron chi connectivity index (χ0n) is 9.82. The third-order valence-electron chi connectivity index (χ3n) is 2.86. The molecule has 0 saturated carbocycles. The summed E-state index contributed by atoms with van der Waals surface area (Å²) in [5.41, 5.74) is 6.95. The molecule has 0 aliphatic rings. The number of nitrogens with two attached hydrogens (primary N) is 1. The van der Waals surface area contributed by atoms with Crippen molar-refractivity contribution in [3.63, 3.8) is 0 Å². The zero-order chi connectivity index (χ0) is 11.1. The van der Waals surface area contributed by atoms with Crippen LogP contribution in [0.2, 0.25) is 0 Å². The summed E-state index contributed by atoms with van der Waals surface area (Å²) in [4.78, 5) is 4.38. The number of hydrogen-bond acceptors (Lipinski definition) is 2. The minimum Gasteiger partial charge on any atom is -0.330 e.